The smallest absolute Gasteiger partial charge is 0.251 e. The lowest BCUT2D eigenvalue weighted by atomic mass is 10.2. The Bertz CT molecular complexity index is 972. The fourth-order valence-corrected chi connectivity index (χ4v) is 4.75. The van der Waals surface area contributed by atoms with Crippen molar-refractivity contribution in [1.82, 2.24) is 14.5 Å². The molecule has 162 valence electrons. The van der Waals surface area contributed by atoms with Gasteiger partial charge in [0, 0.05) is 50.5 Å². The number of carbonyl (C=O) groups is 1. The lowest BCUT2D eigenvalue weighted by Crippen LogP contribution is -2.48. The maximum atomic E-state index is 13.1. The summed E-state index contributed by atoms with van der Waals surface area (Å²) in [5.74, 6) is -0.597. The molecule has 1 N–H and O–H groups in total. The van der Waals surface area contributed by atoms with Crippen molar-refractivity contribution in [3.05, 3.63) is 59.9 Å². The average Bonchev–Trinajstić information content (AvgIpc) is 2.74. The molecule has 1 amide bonds. The number of carbonyl (C=O) groups excluding carboxylic acids is 1. The molecule has 9 heteroatoms. The Morgan fingerprint density at radius 1 is 1.07 bits per heavy atom. The molecule has 0 bridgehead atoms. The van der Waals surface area contributed by atoms with Crippen molar-refractivity contribution in [2.75, 3.05) is 58.3 Å². The van der Waals surface area contributed by atoms with E-state index in [1.807, 2.05) is 23.9 Å². The lowest BCUT2D eigenvalue weighted by molar-refractivity contribution is 0.0951. The number of nitrogens with zero attached hydrogens (tertiary/aromatic N) is 3. The summed E-state index contributed by atoms with van der Waals surface area (Å²) in [6.07, 6.45) is 0. The first-order valence-electron chi connectivity index (χ1n) is 9.81. The van der Waals surface area contributed by atoms with Gasteiger partial charge >= 0.3 is 0 Å². The highest BCUT2D eigenvalue weighted by Gasteiger charge is 2.29. The summed E-state index contributed by atoms with van der Waals surface area (Å²) in [5.41, 5.74) is 1.18. The van der Waals surface area contributed by atoms with E-state index < -0.39 is 10.0 Å². The van der Waals surface area contributed by atoms with E-state index in [1.54, 1.807) is 24.3 Å². The van der Waals surface area contributed by atoms with Gasteiger partial charge in [0.1, 0.15) is 5.82 Å². The molecule has 1 heterocycles. The Labute approximate surface area is 177 Å². The van der Waals surface area contributed by atoms with Gasteiger partial charge in [-0.2, -0.15) is 4.31 Å². The number of benzene rings is 2. The van der Waals surface area contributed by atoms with Gasteiger partial charge in [0.2, 0.25) is 10.0 Å². The van der Waals surface area contributed by atoms with E-state index >= 15 is 0 Å². The monoisotopic (exact) mass is 434 g/mol. The molecule has 0 unspecified atom stereocenters. The Balaban J connectivity index is 1.66. The molecule has 1 fully saturated rings. The molecule has 0 radical (unpaired) electrons. The second-order valence-corrected chi connectivity index (χ2v) is 9.39. The molecule has 1 aliphatic rings. The molecular formula is C21H27FN4O3S. The average molecular weight is 435 g/mol. The number of nitrogens with one attached hydrogen (secondary N) is 1. The summed E-state index contributed by atoms with van der Waals surface area (Å²) in [6, 6.07) is 12.3. The number of hydrogen-bond donors (Lipinski definition) is 1. The van der Waals surface area contributed by atoms with Gasteiger partial charge in [-0.15, -0.1) is 0 Å². The van der Waals surface area contributed by atoms with Crippen LogP contribution in [0, 0.1) is 5.82 Å². The summed E-state index contributed by atoms with van der Waals surface area (Å²) in [6.45, 7) is 2.83. The van der Waals surface area contributed by atoms with E-state index in [-0.39, 0.29) is 16.6 Å². The van der Waals surface area contributed by atoms with E-state index in [9.17, 15) is 17.6 Å². The van der Waals surface area contributed by atoms with Crippen LogP contribution in [-0.4, -0.2) is 76.9 Å². The minimum atomic E-state index is -3.71. The number of halogens is 1. The summed E-state index contributed by atoms with van der Waals surface area (Å²) in [5, 5.41) is 2.79. The van der Waals surface area contributed by atoms with E-state index in [0.717, 1.165) is 5.69 Å². The zero-order valence-electron chi connectivity index (χ0n) is 17.2. The van der Waals surface area contributed by atoms with Gasteiger partial charge in [0.15, 0.2) is 0 Å². The van der Waals surface area contributed by atoms with Crippen molar-refractivity contribution in [3.63, 3.8) is 0 Å². The van der Waals surface area contributed by atoms with Crippen LogP contribution >= 0.6 is 0 Å². The van der Waals surface area contributed by atoms with Gasteiger partial charge in [-0.05, 0) is 56.6 Å². The number of piperazine rings is 1. The molecule has 0 aromatic heterocycles. The number of amides is 1. The van der Waals surface area contributed by atoms with E-state index in [1.165, 1.54) is 28.6 Å². The first-order valence-corrected chi connectivity index (χ1v) is 11.2. The molecule has 0 spiro atoms. The lowest BCUT2D eigenvalue weighted by Gasteiger charge is -2.35. The predicted octanol–water partition coefficient (Wildman–Crippen LogP) is 1.63. The van der Waals surface area contributed by atoms with Crippen LogP contribution in [0.5, 0.6) is 0 Å². The highest BCUT2D eigenvalue weighted by molar-refractivity contribution is 7.89. The van der Waals surface area contributed by atoms with Gasteiger partial charge in [-0.3, -0.25) is 4.79 Å². The van der Waals surface area contributed by atoms with Crippen LogP contribution < -0.4 is 10.2 Å². The van der Waals surface area contributed by atoms with Crippen LogP contribution in [-0.2, 0) is 10.0 Å². The Morgan fingerprint density at radius 2 is 1.73 bits per heavy atom. The third-order valence-electron chi connectivity index (χ3n) is 5.01. The molecule has 2 aromatic carbocycles. The van der Waals surface area contributed by atoms with Crippen LogP contribution in [0.4, 0.5) is 10.1 Å². The number of anilines is 1. The maximum absolute atomic E-state index is 13.1. The Morgan fingerprint density at radius 3 is 2.37 bits per heavy atom. The quantitative estimate of drug-likeness (QED) is 0.717. The summed E-state index contributed by atoms with van der Waals surface area (Å²) >= 11 is 0. The van der Waals surface area contributed by atoms with Crippen LogP contribution in [0.2, 0.25) is 0 Å². The minimum Gasteiger partial charge on any atom is -0.369 e. The molecule has 0 aliphatic carbocycles. The summed E-state index contributed by atoms with van der Waals surface area (Å²) < 4.78 is 40.7. The molecular weight excluding hydrogens is 407 g/mol. The zero-order chi connectivity index (χ0) is 21.7. The first-order chi connectivity index (χ1) is 14.3. The SMILES string of the molecule is CN(C)CCNC(=O)c1cccc(S(=O)(=O)N2CCN(c3ccc(F)cc3)CC2)c1. The molecule has 3 rings (SSSR count). The van der Waals surface area contributed by atoms with Crippen LogP contribution in [0.25, 0.3) is 0 Å². The third kappa shape index (κ3) is 5.35. The number of likely N-dealkylation sites (N-methyl/N-ethyl adjacent to an activating group) is 1. The van der Waals surface area contributed by atoms with Gasteiger partial charge in [-0.25, -0.2) is 12.8 Å². The topological polar surface area (TPSA) is 73.0 Å². The van der Waals surface area contributed by atoms with Crippen LogP contribution in [0.1, 0.15) is 10.4 Å². The standard InChI is InChI=1S/C21H27FN4O3S/c1-24(2)11-10-23-21(27)17-4-3-5-20(16-17)30(28,29)26-14-12-25(13-15-26)19-8-6-18(22)7-9-19/h3-9,16H,10-15H2,1-2H3,(H,23,27). The molecule has 1 saturated heterocycles. The Hall–Kier alpha value is -2.49. The second kappa shape index (κ2) is 9.55. The van der Waals surface area contributed by atoms with E-state index in [4.69, 9.17) is 0 Å². The maximum Gasteiger partial charge on any atom is 0.251 e. The van der Waals surface area contributed by atoms with Crippen LogP contribution in [0.3, 0.4) is 0 Å². The number of hydrogen-bond acceptors (Lipinski definition) is 5. The van der Waals surface area contributed by atoms with Gasteiger partial charge in [0.25, 0.3) is 5.91 Å². The molecule has 7 nitrogen and oxygen atoms in total. The predicted molar refractivity (Wildman–Crippen MR) is 115 cm³/mol. The number of rotatable bonds is 7. The highest BCUT2D eigenvalue weighted by Crippen LogP contribution is 2.22. The van der Waals surface area contributed by atoms with Crippen molar-refractivity contribution in [2.24, 2.45) is 0 Å². The van der Waals surface area contributed by atoms with Crippen molar-refractivity contribution >= 4 is 21.6 Å². The fourth-order valence-electron chi connectivity index (χ4n) is 3.28. The Kier molecular flexibility index (Phi) is 7.06. The largest absolute Gasteiger partial charge is 0.369 e. The normalized spacial score (nSPS) is 15.4. The highest BCUT2D eigenvalue weighted by atomic mass is 32.2. The van der Waals surface area contributed by atoms with Gasteiger partial charge in [0.05, 0.1) is 4.90 Å². The fraction of sp³-hybridized carbons (Fsp3) is 0.381. The summed E-state index contributed by atoms with van der Waals surface area (Å²) in [4.78, 5) is 16.4. The molecule has 2 aromatic rings. The molecule has 30 heavy (non-hydrogen) atoms. The minimum absolute atomic E-state index is 0.109. The summed E-state index contributed by atoms with van der Waals surface area (Å²) in [7, 11) is 0.118. The van der Waals surface area contributed by atoms with Crippen molar-refractivity contribution < 1.29 is 17.6 Å². The molecule has 0 saturated carbocycles. The van der Waals surface area contributed by atoms with Crippen molar-refractivity contribution in [3.8, 4) is 0 Å². The zero-order valence-corrected chi connectivity index (χ0v) is 18.0. The van der Waals surface area contributed by atoms with E-state index in [2.05, 4.69) is 5.32 Å². The van der Waals surface area contributed by atoms with Gasteiger partial charge in [-0.1, -0.05) is 6.07 Å². The second-order valence-electron chi connectivity index (χ2n) is 7.45. The van der Waals surface area contributed by atoms with E-state index in [0.29, 0.717) is 44.8 Å². The molecule has 1 aliphatic heterocycles. The molecule has 0 atom stereocenters. The van der Waals surface area contributed by atoms with Crippen molar-refractivity contribution in [2.45, 2.75) is 4.90 Å². The van der Waals surface area contributed by atoms with Crippen LogP contribution in [0.15, 0.2) is 53.4 Å². The third-order valence-corrected chi connectivity index (χ3v) is 6.90. The van der Waals surface area contributed by atoms with Crippen molar-refractivity contribution in [1.29, 1.82) is 0 Å². The first kappa shape index (κ1) is 22.2. The number of sulfonamides is 1. The van der Waals surface area contributed by atoms with Gasteiger partial charge < -0.3 is 15.1 Å².